The van der Waals surface area contributed by atoms with Crippen molar-refractivity contribution < 1.29 is 9.53 Å². The number of carbonyl (C=O) groups excluding carboxylic acids is 1. The maximum absolute atomic E-state index is 11.2. The zero-order valence-corrected chi connectivity index (χ0v) is 12.5. The Labute approximate surface area is 119 Å². The highest BCUT2D eigenvalue weighted by molar-refractivity contribution is 8.00. The summed E-state index contributed by atoms with van der Waals surface area (Å²) >= 11 is 1.69. The van der Waals surface area contributed by atoms with E-state index in [1.165, 1.54) is 29.4 Å². The number of thioether (sulfide) groups is 1. The maximum atomic E-state index is 11.2. The quantitative estimate of drug-likeness (QED) is 0.777. The normalized spacial score (nSPS) is 16.9. The van der Waals surface area contributed by atoms with Crippen LogP contribution in [-0.4, -0.2) is 18.8 Å². The number of allylic oxidation sites excluding steroid dienone is 1. The molecule has 0 amide bonds. The van der Waals surface area contributed by atoms with Gasteiger partial charge in [0.2, 0.25) is 0 Å². The topological polar surface area (TPSA) is 26.3 Å². The van der Waals surface area contributed by atoms with Crippen molar-refractivity contribution in [3.63, 3.8) is 0 Å². The van der Waals surface area contributed by atoms with Gasteiger partial charge >= 0.3 is 5.97 Å². The van der Waals surface area contributed by atoms with Crippen LogP contribution in [0.1, 0.15) is 42.2 Å². The Morgan fingerprint density at radius 1 is 1.47 bits per heavy atom. The number of methoxy groups -OCH3 is 1. The predicted octanol–water partition coefficient (Wildman–Crippen LogP) is 4.00. The Morgan fingerprint density at radius 2 is 2.26 bits per heavy atom. The molecule has 1 aromatic carbocycles. The molecule has 0 radical (unpaired) electrons. The van der Waals surface area contributed by atoms with Gasteiger partial charge in [0.05, 0.1) is 12.9 Å². The molecule has 0 fully saturated rings. The molecule has 19 heavy (non-hydrogen) atoms. The molecule has 102 valence electrons. The fourth-order valence-corrected chi connectivity index (χ4v) is 3.57. The summed E-state index contributed by atoms with van der Waals surface area (Å²) in [4.78, 5) is 11.2. The molecule has 0 bridgehead atoms. The lowest BCUT2D eigenvalue weighted by atomic mass is 10.0. The fourth-order valence-electron chi connectivity index (χ4n) is 2.42. The largest absolute Gasteiger partial charge is 0.468 e. The van der Waals surface area contributed by atoms with Crippen molar-refractivity contribution in [2.45, 2.75) is 31.9 Å². The van der Waals surface area contributed by atoms with Gasteiger partial charge in [0.25, 0.3) is 0 Å². The van der Waals surface area contributed by atoms with Gasteiger partial charge in [-0.05, 0) is 43.4 Å². The van der Waals surface area contributed by atoms with Crippen molar-refractivity contribution in [3.05, 3.63) is 40.5 Å². The van der Waals surface area contributed by atoms with Gasteiger partial charge in [-0.25, -0.2) is 0 Å². The van der Waals surface area contributed by atoms with E-state index >= 15 is 0 Å². The van der Waals surface area contributed by atoms with Gasteiger partial charge < -0.3 is 4.74 Å². The van der Waals surface area contributed by atoms with Crippen LogP contribution in [-0.2, 0) is 16.0 Å². The molecule has 2 nitrogen and oxygen atoms in total. The molecular weight excluding hydrogens is 256 g/mol. The first kappa shape index (κ1) is 14.2. The van der Waals surface area contributed by atoms with Crippen LogP contribution in [0.5, 0.6) is 0 Å². The third-order valence-corrected chi connectivity index (χ3v) is 4.57. The minimum atomic E-state index is -0.139. The van der Waals surface area contributed by atoms with Gasteiger partial charge in [-0.15, -0.1) is 11.8 Å². The van der Waals surface area contributed by atoms with Crippen LogP contribution in [0.15, 0.2) is 23.8 Å². The molecule has 0 aliphatic heterocycles. The summed E-state index contributed by atoms with van der Waals surface area (Å²) in [5.41, 5.74) is 5.41. The number of esters is 1. The Balaban J connectivity index is 2.09. The first-order chi connectivity index (χ1) is 9.10. The summed E-state index contributed by atoms with van der Waals surface area (Å²) in [6, 6.07) is 6.66. The van der Waals surface area contributed by atoms with Gasteiger partial charge in [0.1, 0.15) is 0 Å². The van der Waals surface area contributed by atoms with E-state index in [0.717, 1.165) is 12.8 Å². The van der Waals surface area contributed by atoms with E-state index < -0.39 is 0 Å². The second-order valence-corrected chi connectivity index (χ2v) is 6.29. The number of hydrogen-bond acceptors (Lipinski definition) is 3. The number of fused-ring (bicyclic) bond motifs is 1. The van der Waals surface area contributed by atoms with E-state index in [2.05, 4.69) is 38.1 Å². The Kier molecular flexibility index (Phi) is 4.70. The molecular formula is C16H20O2S. The molecule has 0 saturated carbocycles. The molecule has 1 atom stereocenters. The predicted molar refractivity (Wildman–Crippen MR) is 81.3 cm³/mol. The van der Waals surface area contributed by atoms with Crippen LogP contribution in [0.3, 0.4) is 0 Å². The van der Waals surface area contributed by atoms with Gasteiger partial charge in [0.15, 0.2) is 0 Å². The minimum absolute atomic E-state index is 0.139. The molecule has 0 spiro atoms. The van der Waals surface area contributed by atoms with Crippen molar-refractivity contribution >= 4 is 23.8 Å². The minimum Gasteiger partial charge on any atom is -0.468 e. The fraction of sp³-hybridized carbons (Fsp3) is 0.438. The van der Waals surface area contributed by atoms with Crippen LogP contribution in [0, 0.1) is 0 Å². The van der Waals surface area contributed by atoms with E-state index in [9.17, 15) is 4.79 Å². The molecule has 0 N–H and O–H groups in total. The lowest BCUT2D eigenvalue weighted by Gasteiger charge is -2.10. The third kappa shape index (κ3) is 3.63. The summed E-state index contributed by atoms with van der Waals surface area (Å²) in [5.74, 6) is 0.302. The van der Waals surface area contributed by atoms with E-state index in [4.69, 9.17) is 4.74 Å². The van der Waals surface area contributed by atoms with Crippen LogP contribution in [0.2, 0.25) is 0 Å². The number of benzene rings is 1. The molecule has 1 aromatic rings. The van der Waals surface area contributed by atoms with Crippen molar-refractivity contribution in [1.82, 2.24) is 0 Å². The number of aryl methyl sites for hydroxylation is 1. The highest BCUT2D eigenvalue weighted by atomic mass is 32.2. The summed E-state index contributed by atoms with van der Waals surface area (Å²) in [6.07, 6.45) is 4.43. The van der Waals surface area contributed by atoms with Crippen molar-refractivity contribution in [1.29, 1.82) is 0 Å². The molecule has 1 aliphatic rings. The highest BCUT2D eigenvalue weighted by Crippen LogP contribution is 2.41. The van der Waals surface area contributed by atoms with Crippen LogP contribution >= 0.6 is 11.8 Å². The van der Waals surface area contributed by atoms with Gasteiger partial charge in [0, 0.05) is 5.25 Å². The van der Waals surface area contributed by atoms with Crippen molar-refractivity contribution in [2.24, 2.45) is 0 Å². The Morgan fingerprint density at radius 3 is 2.95 bits per heavy atom. The summed E-state index contributed by atoms with van der Waals surface area (Å²) < 4.78 is 4.69. The number of hydrogen-bond donors (Lipinski definition) is 0. The zero-order valence-electron chi connectivity index (χ0n) is 11.7. The van der Waals surface area contributed by atoms with E-state index in [1.54, 1.807) is 11.8 Å². The molecule has 1 unspecified atom stereocenters. The first-order valence-corrected chi connectivity index (χ1v) is 7.61. The van der Waals surface area contributed by atoms with Gasteiger partial charge in [-0.1, -0.05) is 29.8 Å². The van der Waals surface area contributed by atoms with Crippen molar-refractivity contribution in [2.75, 3.05) is 12.9 Å². The average Bonchev–Trinajstić information content (AvgIpc) is 2.77. The summed E-state index contributed by atoms with van der Waals surface area (Å²) in [7, 11) is 1.44. The Hall–Kier alpha value is -1.22. The lowest BCUT2D eigenvalue weighted by molar-refractivity contribution is -0.137. The van der Waals surface area contributed by atoms with Crippen LogP contribution in [0.25, 0.3) is 6.08 Å². The standard InChI is InChI=1S/C16H20O2S/c1-11(2)8-12-4-6-14-13(9-12)5-7-15(14)19-10-16(17)18-3/h4,6,8-9,15H,5,7,10H2,1-3H3. The number of rotatable bonds is 4. The number of ether oxygens (including phenoxy) is 1. The average molecular weight is 276 g/mol. The first-order valence-electron chi connectivity index (χ1n) is 6.56. The molecule has 0 saturated heterocycles. The van der Waals surface area contributed by atoms with Crippen LogP contribution in [0.4, 0.5) is 0 Å². The third-order valence-electron chi connectivity index (χ3n) is 3.28. The lowest BCUT2D eigenvalue weighted by Crippen LogP contribution is -2.04. The van der Waals surface area contributed by atoms with E-state index in [0.29, 0.717) is 11.0 Å². The highest BCUT2D eigenvalue weighted by Gasteiger charge is 2.23. The summed E-state index contributed by atoms with van der Waals surface area (Å²) in [5, 5.41) is 0.440. The van der Waals surface area contributed by atoms with Gasteiger partial charge in [-0.3, -0.25) is 4.79 Å². The SMILES string of the molecule is COC(=O)CSC1CCc2cc(C=C(C)C)ccc21. The second kappa shape index (κ2) is 6.29. The van der Waals surface area contributed by atoms with Gasteiger partial charge in [-0.2, -0.15) is 0 Å². The molecule has 1 aliphatic carbocycles. The van der Waals surface area contributed by atoms with E-state index in [1.807, 2.05) is 0 Å². The van der Waals surface area contributed by atoms with Crippen molar-refractivity contribution in [3.8, 4) is 0 Å². The zero-order chi connectivity index (χ0) is 13.8. The van der Waals surface area contributed by atoms with E-state index in [-0.39, 0.29) is 5.97 Å². The summed E-state index contributed by atoms with van der Waals surface area (Å²) in [6.45, 7) is 4.23. The maximum Gasteiger partial charge on any atom is 0.315 e. The Bertz CT molecular complexity index is 501. The monoisotopic (exact) mass is 276 g/mol. The second-order valence-electron chi connectivity index (χ2n) is 5.09. The molecule has 0 aromatic heterocycles. The smallest absolute Gasteiger partial charge is 0.315 e. The molecule has 3 heteroatoms. The van der Waals surface area contributed by atoms with Crippen LogP contribution < -0.4 is 0 Å². The molecule has 2 rings (SSSR count). The molecule has 0 heterocycles. The number of carbonyl (C=O) groups is 1.